The number of carbonyl (C=O) groups excluding carboxylic acids is 1. The number of carboxylic acids is 1. The van der Waals surface area contributed by atoms with E-state index < -0.39 is 5.97 Å². The largest absolute Gasteiger partial charge is 0.481 e. The Bertz CT molecular complexity index is 1020. The van der Waals surface area contributed by atoms with Gasteiger partial charge in [0.25, 0.3) is 5.91 Å². The number of hydrogen-bond acceptors (Lipinski definition) is 3. The molecule has 1 N–H and O–H groups in total. The SMILES string of the molecule is C[C@@H](C(=O)O)C1CCN(C(=O)c2cn(-c3ccccc3)nc2-c2ccccc2)CC1. The summed E-state index contributed by atoms with van der Waals surface area (Å²) in [6, 6.07) is 19.4. The standard InChI is InChI=1S/C24H25N3O3/c1-17(24(29)30)18-12-14-26(15-13-18)23(28)21-16-27(20-10-6-3-7-11-20)25-22(21)19-8-4-2-5-9-19/h2-11,16-18H,12-15H2,1H3,(H,29,30)/t17-/m1/s1. The zero-order valence-corrected chi connectivity index (χ0v) is 16.9. The average molecular weight is 403 g/mol. The monoisotopic (exact) mass is 403 g/mol. The van der Waals surface area contributed by atoms with Crippen LogP contribution in [0.4, 0.5) is 0 Å². The van der Waals surface area contributed by atoms with Gasteiger partial charge in [0.05, 0.1) is 17.2 Å². The van der Waals surface area contributed by atoms with E-state index in [2.05, 4.69) is 0 Å². The number of aromatic nitrogens is 2. The third-order valence-electron chi connectivity index (χ3n) is 5.94. The molecule has 1 aromatic heterocycles. The predicted octanol–water partition coefficient (Wildman–Crippen LogP) is 4.11. The number of para-hydroxylation sites is 1. The van der Waals surface area contributed by atoms with Crippen molar-refractivity contribution in [1.29, 1.82) is 0 Å². The number of rotatable bonds is 5. The molecule has 6 nitrogen and oxygen atoms in total. The van der Waals surface area contributed by atoms with Crippen molar-refractivity contribution < 1.29 is 14.7 Å². The second-order valence-corrected chi connectivity index (χ2v) is 7.79. The van der Waals surface area contributed by atoms with Gasteiger partial charge in [-0.2, -0.15) is 5.10 Å². The number of benzene rings is 2. The van der Waals surface area contributed by atoms with Crippen LogP contribution in [0.2, 0.25) is 0 Å². The lowest BCUT2D eigenvalue weighted by Gasteiger charge is -2.33. The Morgan fingerprint density at radius 3 is 2.20 bits per heavy atom. The number of amides is 1. The van der Waals surface area contributed by atoms with Crippen LogP contribution in [0.25, 0.3) is 16.9 Å². The fourth-order valence-corrected chi connectivity index (χ4v) is 4.03. The maximum Gasteiger partial charge on any atom is 0.306 e. The lowest BCUT2D eigenvalue weighted by molar-refractivity contribution is -0.143. The van der Waals surface area contributed by atoms with E-state index in [9.17, 15) is 14.7 Å². The van der Waals surface area contributed by atoms with Crippen LogP contribution in [-0.4, -0.2) is 44.8 Å². The lowest BCUT2D eigenvalue weighted by atomic mass is 9.85. The van der Waals surface area contributed by atoms with Gasteiger partial charge in [0.15, 0.2) is 0 Å². The highest BCUT2D eigenvalue weighted by Gasteiger charge is 2.31. The minimum Gasteiger partial charge on any atom is -0.481 e. The first-order chi connectivity index (χ1) is 14.5. The smallest absolute Gasteiger partial charge is 0.306 e. The van der Waals surface area contributed by atoms with E-state index in [-0.39, 0.29) is 17.7 Å². The number of carboxylic acid groups (broad SMARTS) is 1. The first-order valence-electron chi connectivity index (χ1n) is 10.3. The fourth-order valence-electron chi connectivity index (χ4n) is 4.03. The molecule has 1 fully saturated rings. The number of hydrogen-bond donors (Lipinski definition) is 1. The molecule has 2 heterocycles. The Balaban J connectivity index is 1.62. The van der Waals surface area contributed by atoms with Gasteiger partial charge in [0.1, 0.15) is 5.69 Å². The molecule has 1 atom stereocenters. The molecule has 30 heavy (non-hydrogen) atoms. The Kier molecular flexibility index (Phi) is 5.65. The molecule has 154 valence electrons. The Morgan fingerprint density at radius 1 is 1.00 bits per heavy atom. The molecular weight excluding hydrogens is 378 g/mol. The van der Waals surface area contributed by atoms with Gasteiger partial charge in [0.2, 0.25) is 0 Å². The second kappa shape index (κ2) is 8.53. The van der Waals surface area contributed by atoms with Crippen molar-refractivity contribution in [1.82, 2.24) is 14.7 Å². The molecule has 0 radical (unpaired) electrons. The van der Waals surface area contributed by atoms with Crippen LogP contribution >= 0.6 is 0 Å². The molecule has 1 aliphatic rings. The zero-order valence-electron chi connectivity index (χ0n) is 16.9. The Labute approximate surface area is 175 Å². The summed E-state index contributed by atoms with van der Waals surface area (Å²) < 4.78 is 1.74. The first kappa shape index (κ1) is 19.9. The van der Waals surface area contributed by atoms with E-state index in [1.165, 1.54) is 0 Å². The van der Waals surface area contributed by atoms with E-state index >= 15 is 0 Å². The summed E-state index contributed by atoms with van der Waals surface area (Å²) in [7, 11) is 0. The van der Waals surface area contributed by atoms with Crippen LogP contribution in [0.15, 0.2) is 66.9 Å². The summed E-state index contributed by atoms with van der Waals surface area (Å²) in [5.74, 6) is -1.11. The number of piperidine rings is 1. The van der Waals surface area contributed by atoms with E-state index in [0.29, 0.717) is 37.2 Å². The van der Waals surface area contributed by atoms with E-state index in [1.807, 2.05) is 65.6 Å². The van der Waals surface area contributed by atoms with Crippen molar-refractivity contribution >= 4 is 11.9 Å². The van der Waals surface area contributed by atoms with Gasteiger partial charge in [0, 0.05) is 24.8 Å². The summed E-state index contributed by atoms with van der Waals surface area (Å²) >= 11 is 0. The molecule has 1 saturated heterocycles. The van der Waals surface area contributed by atoms with Gasteiger partial charge in [-0.1, -0.05) is 55.5 Å². The molecule has 0 aliphatic carbocycles. The third kappa shape index (κ3) is 3.99. The van der Waals surface area contributed by atoms with Crippen LogP contribution in [-0.2, 0) is 4.79 Å². The van der Waals surface area contributed by atoms with Crippen molar-refractivity contribution in [3.8, 4) is 16.9 Å². The van der Waals surface area contributed by atoms with Crippen molar-refractivity contribution in [2.24, 2.45) is 11.8 Å². The molecular formula is C24H25N3O3. The molecule has 0 bridgehead atoms. The molecule has 2 aromatic carbocycles. The Morgan fingerprint density at radius 2 is 1.60 bits per heavy atom. The summed E-state index contributed by atoms with van der Waals surface area (Å²) in [6.07, 6.45) is 3.20. The van der Waals surface area contributed by atoms with E-state index in [0.717, 1.165) is 11.3 Å². The number of nitrogens with zero attached hydrogens (tertiary/aromatic N) is 3. The molecule has 0 saturated carbocycles. The highest BCUT2D eigenvalue weighted by Crippen LogP contribution is 2.29. The number of carbonyl (C=O) groups is 2. The zero-order chi connectivity index (χ0) is 21.1. The van der Waals surface area contributed by atoms with Gasteiger partial charge < -0.3 is 10.0 Å². The minimum absolute atomic E-state index is 0.0579. The third-order valence-corrected chi connectivity index (χ3v) is 5.94. The average Bonchev–Trinajstić information content (AvgIpc) is 3.25. The summed E-state index contributed by atoms with van der Waals surface area (Å²) in [4.78, 5) is 26.5. The van der Waals surface area contributed by atoms with Gasteiger partial charge in [-0.3, -0.25) is 9.59 Å². The van der Waals surface area contributed by atoms with E-state index in [4.69, 9.17) is 5.10 Å². The van der Waals surface area contributed by atoms with E-state index in [1.54, 1.807) is 17.8 Å². The van der Waals surface area contributed by atoms with Crippen molar-refractivity contribution in [2.45, 2.75) is 19.8 Å². The Hall–Kier alpha value is -3.41. The predicted molar refractivity (Wildman–Crippen MR) is 114 cm³/mol. The van der Waals surface area contributed by atoms with Crippen LogP contribution in [0, 0.1) is 11.8 Å². The van der Waals surface area contributed by atoms with Gasteiger partial charge >= 0.3 is 5.97 Å². The maximum atomic E-state index is 13.4. The number of aliphatic carboxylic acids is 1. The molecule has 6 heteroatoms. The molecule has 0 spiro atoms. The fraction of sp³-hybridized carbons (Fsp3) is 0.292. The minimum atomic E-state index is -0.768. The van der Waals surface area contributed by atoms with Crippen LogP contribution < -0.4 is 0 Å². The van der Waals surface area contributed by atoms with Crippen molar-refractivity contribution in [3.05, 3.63) is 72.4 Å². The van der Waals surface area contributed by atoms with Crippen LogP contribution in [0.1, 0.15) is 30.1 Å². The van der Waals surface area contributed by atoms with Crippen LogP contribution in [0.5, 0.6) is 0 Å². The van der Waals surface area contributed by atoms with Gasteiger partial charge in [-0.25, -0.2) is 4.68 Å². The second-order valence-electron chi connectivity index (χ2n) is 7.79. The highest BCUT2D eigenvalue weighted by molar-refractivity contribution is 6.00. The van der Waals surface area contributed by atoms with Gasteiger partial charge in [-0.05, 0) is 30.9 Å². The molecule has 1 amide bonds. The molecule has 3 aromatic rings. The summed E-state index contributed by atoms with van der Waals surface area (Å²) in [5, 5.41) is 14.0. The quantitative estimate of drug-likeness (QED) is 0.696. The van der Waals surface area contributed by atoms with Gasteiger partial charge in [-0.15, -0.1) is 0 Å². The highest BCUT2D eigenvalue weighted by atomic mass is 16.4. The van der Waals surface area contributed by atoms with Crippen molar-refractivity contribution in [3.63, 3.8) is 0 Å². The maximum absolute atomic E-state index is 13.4. The lowest BCUT2D eigenvalue weighted by Crippen LogP contribution is -2.40. The van der Waals surface area contributed by atoms with Crippen LogP contribution in [0.3, 0.4) is 0 Å². The topological polar surface area (TPSA) is 75.4 Å². The van der Waals surface area contributed by atoms with Crippen molar-refractivity contribution in [2.75, 3.05) is 13.1 Å². The summed E-state index contributed by atoms with van der Waals surface area (Å²) in [6.45, 7) is 2.87. The molecule has 4 rings (SSSR count). The molecule has 1 aliphatic heterocycles. The molecule has 0 unspecified atom stereocenters. The first-order valence-corrected chi connectivity index (χ1v) is 10.3. The normalized spacial score (nSPS) is 15.7. The number of likely N-dealkylation sites (tertiary alicyclic amines) is 1. The summed E-state index contributed by atoms with van der Waals surface area (Å²) in [5.41, 5.74) is 3.01.